The topological polar surface area (TPSA) is 91.6 Å². The largest absolute Gasteiger partial charge is 0.497 e. The molecule has 1 aromatic heterocycles. The van der Waals surface area contributed by atoms with Gasteiger partial charge < -0.3 is 15.1 Å². The molecule has 210 valence electrons. The minimum absolute atomic E-state index is 0.0513. The molecule has 0 aliphatic heterocycles. The maximum Gasteiger partial charge on any atom is 0.303 e. The zero-order valence-corrected chi connectivity index (χ0v) is 23.5. The van der Waals surface area contributed by atoms with Crippen LogP contribution in [0, 0.1) is 23.2 Å². The summed E-state index contributed by atoms with van der Waals surface area (Å²) in [5, 5.41) is 3.91. The number of methoxy groups -OCH3 is 1. The quantitative estimate of drug-likeness (QED) is 0.193. The Morgan fingerprint density at radius 3 is 1.90 bits per heavy atom. The standard InChI is InChI=1S/C28H32N4O3.C6H4/c1-35-22-8-6-18(7-9-22)16-31-23-4-2-3-5-24(23)32(26(30-29)25(33)27(31)34)17-28-13-19-10-20(14-28)12-21(11-19)15-28;1-2-5-4-6(5)3-1/h2-9,19-21H,10-17,29H2,1H3;1-4H. The number of benzene rings is 3. The number of para-hydroxylation sites is 2. The van der Waals surface area contributed by atoms with Crippen molar-refractivity contribution in [3.8, 4) is 16.9 Å². The number of fused-ring (bicyclic) bond motifs is 2. The number of hydrogen-bond donors (Lipinski definition) is 1. The zero-order valence-electron chi connectivity index (χ0n) is 23.5. The smallest absolute Gasteiger partial charge is 0.303 e. The molecular formula is C34H36N4O3. The number of aromatic nitrogens is 2. The first-order valence-electron chi connectivity index (χ1n) is 14.7. The van der Waals surface area contributed by atoms with Crippen LogP contribution < -0.4 is 27.1 Å². The highest BCUT2D eigenvalue weighted by atomic mass is 16.5. The molecule has 4 fully saturated rings. The van der Waals surface area contributed by atoms with Crippen molar-refractivity contribution in [1.82, 2.24) is 9.13 Å². The average Bonchev–Trinajstić information content (AvgIpc) is 3.60. The molecule has 0 saturated heterocycles. The van der Waals surface area contributed by atoms with E-state index in [9.17, 15) is 9.59 Å². The Hall–Kier alpha value is -4.13. The van der Waals surface area contributed by atoms with Crippen LogP contribution in [0.2, 0.25) is 0 Å². The molecule has 3 aromatic rings. The Labute approximate surface area is 238 Å². The molecule has 0 amide bonds. The average molecular weight is 549 g/mol. The van der Waals surface area contributed by atoms with Gasteiger partial charge in [0.05, 0.1) is 24.7 Å². The number of nitrogens with two attached hydrogens (primary N) is 1. The Balaban J connectivity index is 0.000000403. The van der Waals surface area contributed by atoms with E-state index in [2.05, 4.69) is 29.4 Å². The number of nitrogens with zero attached hydrogens (tertiary/aromatic N) is 3. The summed E-state index contributed by atoms with van der Waals surface area (Å²) in [4.78, 5) is 27.0. The lowest BCUT2D eigenvalue weighted by atomic mass is 9.49. The lowest BCUT2D eigenvalue weighted by Crippen LogP contribution is -2.51. The van der Waals surface area contributed by atoms with E-state index in [4.69, 9.17) is 10.6 Å². The van der Waals surface area contributed by atoms with Crippen LogP contribution in [0.4, 0.5) is 0 Å². The summed E-state index contributed by atoms with van der Waals surface area (Å²) < 4.78 is 8.78. The number of rotatable bonds is 5. The molecule has 1 heterocycles. The van der Waals surface area contributed by atoms with Gasteiger partial charge in [-0.15, -0.1) is 0 Å². The summed E-state index contributed by atoms with van der Waals surface area (Å²) in [6, 6.07) is 23.8. The lowest BCUT2D eigenvalue weighted by Gasteiger charge is -2.57. The third-order valence-electron chi connectivity index (χ3n) is 9.75. The Morgan fingerprint density at radius 2 is 1.41 bits per heavy atom. The molecule has 4 saturated carbocycles. The van der Waals surface area contributed by atoms with Crippen LogP contribution >= 0.6 is 0 Å². The summed E-state index contributed by atoms with van der Waals surface area (Å²) in [5.41, 5.74) is 4.23. The summed E-state index contributed by atoms with van der Waals surface area (Å²) in [5.74, 6) is 8.90. The molecule has 0 atom stereocenters. The first kappa shape index (κ1) is 25.8. The molecule has 6 aliphatic rings. The zero-order chi connectivity index (χ0) is 28.1. The minimum atomic E-state index is -0.651. The molecule has 0 radical (unpaired) electrons. The van der Waals surface area contributed by atoms with Crippen LogP contribution in [0.3, 0.4) is 0 Å². The van der Waals surface area contributed by atoms with Crippen molar-refractivity contribution in [1.29, 1.82) is 0 Å². The fourth-order valence-electron chi connectivity index (χ4n) is 8.34. The van der Waals surface area contributed by atoms with Crippen molar-refractivity contribution in [3.05, 3.63) is 104 Å². The SMILES string of the molecule is COc1ccc(Cn2c(=O)c(=O)c(=NN)n(CC34CC5CC(CC(C5)C3)C4)c3ccccc32)cc1.c1cc2cc-2c1. The summed E-state index contributed by atoms with van der Waals surface area (Å²) in [6.07, 6.45) is 7.61. The molecular weight excluding hydrogens is 512 g/mol. The highest BCUT2D eigenvalue weighted by Gasteiger charge is 2.51. The predicted octanol–water partition coefficient (Wildman–Crippen LogP) is 4.88. The molecule has 41 heavy (non-hydrogen) atoms. The van der Waals surface area contributed by atoms with E-state index < -0.39 is 11.0 Å². The second kappa shape index (κ2) is 10.1. The van der Waals surface area contributed by atoms with E-state index in [1.165, 1.54) is 49.7 Å². The van der Waals surface area contributed by atoms with Crippen LogP contribution in [0.1, 0.15) is 44.1 Å². The van der Waals surface area contributed by atoms with Gasteiger partial charge in [0.1, 0.15) is 5.75 Å². The molecule has 0 spiro atoms. The molecule has 2 N–H and O–H groups in total. The maximum absolute atomic E-state index is 13.5. The Bertz CT molecular complexity index is 1770. The van der Waals surface area contributed by atoms with E-state index in [0.29, 0.717) is 12.1 Å². The lowest BCUT2D eigenvalue weighted by molar-refractivity contribution is -0.0618. The third-order valence-corrected chi connectivity index (χ3v) is 9.75. The number of ether oxygens (including phenoxy) is 1. The van der Waals surface area contributed by atoms with E-state index in [0.717, 1.165) is 34.6 Å². The minimum Gasteiger partial charge on any atom is -0.497 e. The van der Waals surface area contributed by atoms with Gasteiger partial charge in [0, 0.05) is 6.54 Å². The molecule has 7 nitrogen and oxygen atoms in total. The molecule has 2 aromatic carbocycles. The van der Waals surface area contributed by atoms with Crippen LogP contribution in [0.5, 0.6) is 5.75 Å². The third kappa shape index (κ3) is 4.77. The van der Waals surface area contributed by atoms with Crippen molar-refractivity contribution in [2.45, 2.75) is 51.6 Å². The second-order valence-corrected chi connectivity index (χ2v) is 12.6. The summed E-state index contributed by atoms with van der Waals surface area (Å²) in [7, 11) is 1.62. The van der Waals surface area contributed by atoms with Crippen molar-refractivity contribution < 1.29 is 4.74 Å². The Kier molecular flexibility index (Phi) is 6.33. The van der Waals surface area contributed by atoms with Crippen molar-refractivity contribution >= 4 is 11.0 Å². The maximum atomic E-state index is 13.5. The van der Waals surface area contributed by atoms with Crippen molar-refractivity contribution in [2.24, 2.45) is 34.1 Å². The fourth-order valence-corrected chi connectivity index (χ4v) is 8.34. The molecule has 7 heteroatoms. The number of hydrogen-bond acceptors (Lipinski definition) is 5. The van der Waals surface area contributed by atoms with Gasteiger partial charge in [-0.05, 0) is 109 Å². The monoisotopic (exact) mass is 548 g/mol. The van der Waals surface area contributed by atoms with Crippen LogP contribution in [0.15, 0.2) is 87.5 Å². The summed E-state index contributed by atoms with van der Waals surface area (Å²) >= 11 is 0. The molecule has 9 rings (SSSR count). The summed E-state index contributed by atoms with van der Waals surface area (Å²) in [6.45, 7) is 0.952. The first-order valence-corrected chi connectivity index (χ1v) is 14.7. The predicted molar refractivity (Wildman–Crippen MR) is 160 cm³/mol. The highest BCUT2D eigenvalue weighted by Crippen LogP contribution is 2.60. The van der Waals surface area contributed by atoms with Gasteiger partial charge in [-0.25, -0.2) is 0 Å². The molecule has 4 bridgehead atoms. The van der Waals surface area contributed by atoms with Gasteiger partial charge in [0.2, 0.25) is 5.49 Å². The van der Waals surface area contributed by atoms with Crippen LogP contribution in [-0.2, 0) is 13.1 Å². The van der Waals surface area contributed by atoms with E-state index in [1.54, 1.807) is 11.7 Å². The highest BCUT2D eigenvalue weighted by molar-refractivity contribution is 5.80. The first-order chi connectivity index (χ1) is 19.9. The van der Waals surface area contributed by atoms with Gasteiger partial charge in [0.25, 0.3) is 5.43 Å². The van der Waals surface area contributed by atoms with E-state index in [-0.39, 0.29) is 17.4 Å². The normalized spacial score (nSPS) is 25.1. The molecule has 6 aliphatic carbocycles. The van der Waals surface area contributed by atoms with Gasteiger partial charge in [-0.2, -0.15) is 5.10 Å². The van der Waals surface area contributed by atoms with Gasteiger partial charge in [0.15, 0.2) is 0 Å². The van der Waals surface area contributed by atoms with E-state index in [1.807, 2.05) is 53.1 Å². The van der Waals surface area contributed by atoms with Crippen molar-refractivity contribution in [2.75, 3.05) is 7.11 Å². The Morgan fingerprint density at radius 1 is 0.829 bits per heavy atom. The van der Waals surface area contributed by atoms with Gasteiger partial charge in [-0.3, -0.25) is 14.2 Å². The second-order valence-electron chi connectivity index (χ2n) is 12.6. The van der Waals surface area contributed by atoms with Gasteiger partial charge in [-0.1, -0.05) is 42.5 Å². The fraction of sp³-hybridized carbons (Fsp3) is 0.382. The molecule has 0 unspecified atom stereocenters. The van der Waals surface area contributed by atoms with Crippen LogP contribution in [-0.4, -0.2) is 16.2 Å². The van der Waals surface area contributed by atoms with E-state index >= 15 is 0 Å². The van der Waals surface area contributed by atoms with Crippen LogP contribution in [0.25, 0.3) is 22.2 Å². The van der Waals surface area contributed by atoms with Gasteiger partial charge >= 0.3 is 5.56 Å². The van der Waals surface area contributed by atoms with Crippen molar-refractivity contribution in [3.63, 3.8) is 0 Å².